The number of rotatable bonds is 1. The van der Waals surface area contributed by atoms with Crippen molar-refractivity contribution in [3.63, 3.8) is 0 Å². The smallest absolute Gasteiger partial charge is 0.272 e. The highest BCUT2D eigenvalue weighted by Gasteiger charge is 2.19. The molecule has 3 aromatic rings. The summed E-state index contributed by atoms with van der Waals surface area (Å²) in [5.74, 6) is 0. The molecule has 1 aromatic carbocycles. The molecule has 4 nitrogen and oxygen atoms in total. The zero-order valence-electron chi connectivity index (χ0n) is 12.1. The molecule has 3 rings (SSSR count). The molecule has 108 valence electrons. The van der Waals surface area contributed by atoms with Crippen LogP contribution in [0.15, 0.2) is 41.3 Å². The van der Waals surface area contributed by atoms with Crippen LogP contribution in [0.3, 0.4) is 0 Å². The van der Waals surface area contributed by atoms with E-state index in [9.17, 15) is 4.79 Å². The summed E-state index contributed by atoms with van der Waals surface area (Å²) in [6, 6.07) is 9.07. The zero-order valence-corrected chi connectivity index (χ0v) is 12.9. The highest BCUT2D eigenvalue weighted by atomic mass is 35.5. The average Bonchev–Trinajstić information content (AvgIpc) is 2.83. The topological polar surface area (TPSA) is 50.2 Å². The minimum Gasteiger partial charge on any atom is -0.296 e. The van der Waals surface area contributed by atoms with Gasteiger partial charge in [-0.3, -0.25) is 9.89 Å². The number of aromatic nitrogens is 3. The van der Waals surface area contributed by atoms with Crippen molar-refractivity contribution in [2.75, 3.05) is 0 Å². The lowest BCUT2D eigenvalue weighted by atomic mass is 9.92. The normalized spacial score (nSPS) is 12.0. The largest absolute Gasteiger partial charge is 0.296 e. The highest BCUT2D eigenvalue weighted by Crippen LogP contribution is 2.26. The van der Waals surface area contributed by atoms with Crippen LogP contribution in [0.2, 0.25) is 5.02 Å². The van der Waals surface area contributed by atoms with Gasteiger partial charge in [-0.1, -0.05) is 44.5 Å². The molecule has 0 saturated carbocycles. The molecule has 0 unspecified atom stereocenters. The number of fused-ring (bicyclic) bond motifs is 1. The lowest BCUT2D eigenvalue weighted by Crippen LogP contribution is -2.22. The molecule has 0 aliphatic heterocycles. The van der Waals surface area contributed by atoms with E-state index >= 15 is 0 Å². The van der Waals surface area contributed by atoms with E-state index in [0.29, 0.717) is 10.7 Å². The molecule has 5 heteroatoms. The molecule has 21 heavy (non-hydrogen) atoms. The van der Waals surface area contributed by atoms with Gasteiger partial charge in [-0.05, 0) is 17.7 Å². The molecule has 0 saturated heterocycles. The van der Waals surface area contributed by atoms with Crippen molar-refractivity contribution >= 4 is 17.2 Å². The quantitative estimate of drug-likeness (QED) is 0.746. The fourth-order valence-electron chi connectivity index (χ4n) is 2.21. The van der Waals surface area contributed by atoms with Gasteiger partial charge in [0.25, 0.3) is 5.56 Å². The summed E-state index contributed by atoms with van der Waals surface area (Å²) in [7, 11) is 0. The first-order valence-electron chi connectivity index (χ1n) is 6.74. The third-order valence-electron chi connectivity index (χ3n) is 3.42. The van der Waals surface area contributed by atoms with Gasteiger partial charge in [0.05, 0.1) is 5.69 Å². The van der Waals surface area contributed by atoms with Crippen LogP contribution in [0.25, 0.3) is 16.8 Å². The molecule has 2 heterocycles. The first kappa shape index (κ1) is 13.9. The Kier molecular flexibility index (Phi) is 3.14. The standard InChI is InChI=1S/C16H16ClN3O/c1-16(2,3)13-8-14(21)20-15(19-13)12(9-18-20)10-4-6-11(17)7-5-10/h4-9,18H,1-3H3. The highest BCUT2D eigenvalue weighted by molar-refractivity contribution is 6.30. The maximum Gasteiger partial charge on any atom is 0.272 e. The molecule has 0 bridgehead atoms. The van der Waals surface area contributed by atoms with Gasteiger partial charge < -0.3 is 0 Å². The third-order valence-corrected chi connectivity index (χ3v) is 3.67. The lowest BCUT2D eigenvalue weighted by Gasteiger charge is -2.17. The van der Waals surface area contributed by atoms with Gasteiger partial charge in [0.1, 0.15) is 0 Å². The van der Waals surface area contributed by atoms with E-state index in [1.165, 1.54) is 4.52 Å². The molecule has 2 aromatic heterocycles. The van der Waals surface area contributed by atoms with E-state index in [4.69, 9.17) is 11.6 Å². The van der Waals surface area contributed by atoms with Gasteiger partial charge in [-0.25, -0.2) is 9.50 Å². The number of benzene rings is 1. The van der Waals surface area contributed by atoms with Crippen molar-refractivity contribution in [3.8, 4) is 11.1 Å². The number of hydrogen-bond donors (Lipinski definition) is 1. The summed E-state index contributed by atoms with van der Waals surface area (Å²) in [5.41, 5.74) is 2.98. The van der Waals surface area contributed by atoms with Crippen LogP contribution in [0.4, 0.5) is 0 Å². The van der Waals surface area contributed by atoms with E-state index in [1.54, 1.807) is 12.3 Å². The Bertz CT molecular complexity index is 854. The van der Waals surface area contributed by atoms with Crippen LogP contribution in [0, 0.1) is 0 Å². The Morgan fingerprint density at radius 1 is 1.19 bits per heavy atom. The first-order valence-corrected chi connectivity index (χ1v) is 7.12. The summed E-state index contributed by atoms with van der Waals surface area (Å²) in [5, 5.41) is 3.64. The van der Waals surface area contributed by atoms with E-state index in [1.807, 2.05) is 45.0 Å². The SMILES string of the molecule is CC(C)(C)c1cc(=O)n2[nH]cc(-c3ccc(Cl)cc3)c2n1. The molecular formula is C16H16ClN3O. The van der Waals surface area contributed by atoms with Crippen molar-refractivity contribution in [1.29, 1.82) is 0 Å². The third kappa shape index (κ3) is 2.47. The Morgan fingerprint density at radius 2 is 1.86 bits per heavy atom. The van der Waals surface area contributed by atoms with Crippen LogP contribution in [0.1, 0.15) is 26.5 Å². The molecule has 0 amide bonds. The summed E-state index contributed by atoms with van der Waals surface area (Å²) in [6.07, 6.45) is 1.79. The van der Waals surface area contributed by atoms with E-state index in [0.717, 1.165) is 16.8 Å². The van der Waals surface area contributed by atoms with Gasteiger partial charge >= 0.3 is 0 Å². The van der Waals surface area contributed by atoms with Crippen LogP contribution >= 0.6 is 11.6 Å². The van der Waals surface area contributed by atoms with Crippen molar-refractivity contribution < 1.29 is 0 Å². The minimum atomic E-state index is -0.178. The first-order chi connectivity index (χ1) is 9.86. The zero-order chi connectivity index (χ0) is 15.2. The lowest BCUT2D eigenvalue weighted by molar-refractivity contribution is 0.566. The van der Waals surface area contributed by atoms with Crippen LogP contribution in [0.5, 0.6) is 0 Å². The van der Waals surface area contributed by atoms with Crippen molar-refractivity contribution in [3.05, 3.63) is 57.6 Å². The number of H-pyrrole nitrogens is 1. The Balaban J connectivity index is 2.28. The summed E-state index contributed by atoms with van der Waals surface area (Å²) in [6.45, 7) is 6.12. The molecule has 0 atom stereocenters. The Morgan fingerprint density at radius 3 is 2.48 bits per heavy atom. The van der Waals surface area contributed by atoms with Crippen LogP contribution < -0.4 is 5.56 Å². The van der Waals surface area contributed by atoms with Gasteiger partial charge in [-0.2, -0.15) is 0 Å². The minimum absolute atomic E-state index is 0.106. The van der Waals surface area contributed by atoms with Gasteiger partial charge in [0.2, 0.25) is 0 Å². The molecule has 0 radical (unpaired) electrons. The molecule has 0 aliphatic rings. The predicted molar refractivity (Wildman–Crippen MR) is 85.0 cm³/mol. The number of halogens is 1. The molecule has 0 aliphatic carbocycles. The summed E-state index contributed by atoms with van der Waals surface area (Å²) < 4.78 is 1.46. The second kappa shape index (κ2) is 4.74. The average molecular weight is 302 g/mol. The van der Waals surface area contributed by atoms with E-state index in [-0.39, 0.29) is 11.0 Å². The monoisotopic (exact) mass is 301 g/mol. The number of aromatic amines is 1. The van der Waals surface area contributed by atoms with Gasteiger partial charge in [0, 0.05) is 28.3 Å². The second-order valence-electron chi connectivity index (χ2n) is 6.08. The fraction of sp³-hybridized carbons (Fsp3) is 0.250. The molecular weight excluding hydrogens is 286 g/mol. The maximum atomic E-state index is 12.2. The Labute approximate surface area is 127 Å². The van der Waals surface area contributed by atoms with Crippen molar-refractivity contribution in [1.82, 2.24) is 14.6 Å². The van der Waals surface area contributed by atoms with Crippen molar-refractivity contribution in [2.24, 2.45) is 0 Å². The predicted octanol–water partition coefficient (Wildman–Crippen LogP) is 3.64. The molecule has 1 N–H and O–H groups in total. The second-order valence-corrected chi connectivity index (χ2v) is 6.52. The van der Waals surface area contributed by atoms with E-state index < -0.39 is 0 Å². The number of hydrogen-bond acceptors (Lipinski definition) is 2. The van der Waals surface area contributed by atoms with Gasteiger partial charge in [0.15, 0.2) is 5.65 Å². The van der Waals surface area contributed by atoms with Gasteiger partial charge in [-0.15, -0.1) is 0 Å². The van der Waals surface area contributed by atoms with Crippen LogP contribution in [-0.2, 0) is 5.41 Å². The van der Waals surface area contributed by atoms with E-state index in [2.05, 4.69) is 10.1 Å². The number of nitrogens with zero attached hydrogens (tertiary/aromatic N) is 2. The van der Waals surface area contributed by atoms with Crippen molar-refractivity contribution in [2.45, 2.75) is 26.2 Å². The summed E-state index contributed by atoms with van der Waals surface area (Å²) in [4.78, 5) is 16.9. The fourth-order valence-corrected chi connectivity index (χ4v) is 2.33. The summed E-state index contributed by atoms with van der Waals surface area (Å²) >= 11 is 5.92. The maximum absolute atomic E-state index is 12.2. The molecule has 0 fully saturated rings. The molecule has 0 spiro atoms. The van der Waals surface area contributed by atoms with Crippen LogP contribution in [-0.4, -0.2) is 14.6 Å². The number of nitrogens with one attached hydrogen (secondary N) is 1. The Hall–Kier alpha value is -2.07.